The molecule has 1 aromatic heterocycles. The maximum atomic E-state index is 11.3. The number of aromatic nitrogens is 1. The Bertz CT molecular complexity index is 393. The molecular formula is C12H18N2O3. The molecule has 5 heteroatoms. The Labute approximate surface area is 101 Å². The molecule has 94 valence electrons. The average Bonchev–Trinajstić information content (AvgIpc) is 2.31. The summed E-state index contributed by atoms with van der Waals surface area (Å²) in [6.45, 7) is 4.02. The Morgan fingerprint density at radius 1 is 1.53 bits per heavy atom. The maximum Gasteiger partial charge on any atom is 0.346 e. The fourth-order valence-corrected chi connectivity index (χ4v) is 1.43. The van der Waals surface area contributed by atoms with E-state index in [9.17, 15) is 4.79 Å². The molecule has 0 saturated heterocycles. The van der Waals surface area contributed by atoms with Crippen LogP contribution in [-0.2, 0) is 16.0 Å². The van der Waals surface area contributed by atoms with Gasteiger partial charge >= 0.3 is 5.97 Å². The number of rotatable bonds is 5. The molecule has 1 atom stereocenters. The van der Waals surface area contributed by atoms with E-state index in [4.69, 9.17) is 10.5 Å². The Balaban J connectivity index is 2.85. The molecular weight excluding hydrogens is 220 g/mol. The van der Waals surface area contributed by atoms with Gasteiger partial charge in [-0.2, -0.15) is 0 Å². The number of esters is 1. The first-order valence-electron chi connectivity index (χ1n) is 5.49. The van der Waals surface area contributed by atoms with Crippen LogP contribution in [0.1, 0.15) is 18.3 Å². The van der Waals surface area contributed by atoms with Crippen LogP contribution in [0.5, 0.6) is 5.75 Å². The van der Waals surface area contributed by atoms with Crippen LogP contribution in [-0.4, -0.2) is 30.7 Å². The Morgan fingerprint density at radius 3 is 2.82 bits per heavy atom. The van der Waals surface area contributed by atoms with Gasteiger partial charge in [-0.05, 0) is 32.5 Å². The predicted molar refractivity (Wildman–Crippen MR) is 63.8 cm³/mol. The number of ether oxygens (including phenoxy) is 2. The van der Waals surface area contributed by atoms with Gasteiger partial charge in [0, 0.05) is 12.1 Å². The normalized spacial score (nSPS) is 12.0. The van der Waals surface area contributed by atoms with Crippen molar-refractivity contribution in [3.8, 4) is 5.75 Å². The number of nitrogens with zero attached hydrogens (tertiary/aromatic N) is 1. The SMILES string of the molecule is COC(=O)C(C)Oc1ccc(C)nc1CCN. The van der Waals surface area contributed by atoms with Gasteiger partial charge in [0.15, 0.2) is 6.10 Å². The quantitative estimate of drug-likeness (QED) is 0.769. The van der Waals surface area contributed by atoms with E-state index in [1.807, 2.05) is 13.0 Å². The number of methoxy groups -OCH3 is 1. The molecule has 0 saturated carbocycles. The fraction of sp³-hybridized carbons (Fsp3) is 0.500. The largest absolute Gasteiger partial charge is 0.477 e. The van der Waals surface area contributed by atoms with Crippen molar-refractivity contribution in [1.29, 1.82) is 0 Å². The molecule has 0 fully saturated rings. The summed E-state index contributed by atoms with van der Waals surface area (Å²) in [7, 11) is 1.33. The van der Waals surface area contributed by atoms with E-state index in [-0.39, 0.29) is 0 Å². The van der Waals surface area contributed by atoms with E-state index in [2.05, 4.69) is 9.72 Å². The number of nitrogens with two attached hydrogens (primary N) is 1. The van der Waals surface area contributed by atoms with Crippen molar-refractivity contribution in [3.05, 3.63) is 23.5 Å². The minimum atomic E-state index is -0.652. The summed E-state index contributed by atoms with van der Waals surface area (Å²) < 4.78 is 10.1. The lowest BCUT2D eigenvalue weighted by Crippen LogP contribution is -2.25. The molecule has 1 unspecified atom stereocenters. The first kappa shape index (κ1) is 13.4. The molecule has 0 amide bonds. The highest BCUT2D eigenvalue weighted by atomic mass is 16.6. The van der Waals surface area contributed by atoms with Gasteiger partial charge in [0.25, 0.3) is 0 Å². The maximum absolute atomic E-state index is 11.3. The highest BCUT2D eigenvalue weighted by Gasteiger charge is 2.17. The van der Waals surface area contributed by atoms with Crippen LogP contribution in [0.3, 0.4) is 0 Å². The van der Waals surface area contributed by atoms with Crippen LogP contribution < -0.4 is 10.5 Å². The fourth-order valence-electron chi connectivity index (χ4n) is 1.43. The minimum absolute atomic E-state index is 0.413. The zero-order chi connectivity index (χ0) is 12.8. The van der Waals surface area contributed by atoms with Crippen LogP contribution in [0.15, 0.2) is 12.1 Å². The first-order valence-corrected chi connectivity index (χ1v) is 5.49. The van der Waals surface area contributed by atoms with Gasteiger partial charge in [-0.1, -0.05) is 0 Å². The Morgan fingerprint density at radius 2 is 2.24 bits per heavy atom. The number of pyridine rings is 1. The van der Waals surface area contributed by atoms with Crippen molar-refractivity contribution in [1.82, 2.24) is 4.98 Å². The van der Waals surface area contributed by atoms with Crippen molar-refractivity contribution in [2.45, 2.75) is 26.4 Å². The third kappa shape index (κ3) is 3.71. The molecule has 0 radical (unpaired) electrons. The predicted octanol–water partition coefficient (Wildman–Crippen LogP) is 0.832. The van der Waals surface area contributed by atoms with Crippen molar-refractivity contribution < 1.29 is 14.3 Å². The van der Waals surface area contributed by atoms with Crippen LogP contribution in [0.4, 0.5) is 0 Å². The summed E-state index contributed by atoms with van der Waals surface area (Å²) >= 11 is 0. The molecule has 0 aliphatic rings. The van der Waals surface area contributed by atoms with Crippen molar-refractivity contribution >= 4 is 5.97 Å². The summed E-state index contributed by atoms with van der Waals surface area (Å²) in [6, 6.07) is 3.63. The molecule has 0 aliphatic carbocycles. The van der Waals surface area contributed by atoms with E-state index < -0.39 is 12.1 Å². The van der Waals surface area contributed by atoms with E-state index in [1.54, 1.807) is 13.0 Å². The second kappa shape index (κ2) is 6.20. The van der Waals surface area contributed by atoms with Gasteiger partial charge in [0.05, 0.1) is 12.8 Å². The zero-order valence-corrected chi connectivity index (χ0v) is 10.4. The van der Waals surface area contributed by atoms with Crippen molar-refractivity contribution in [2.24, 2.45) is 5.73 Å². The van der Waals surface area contributed by atoms with E-state index >= 15 is 0 Å². The monoisotopic (exact) mass is 238 g/mol. The number of aryl methyl sites for hydroxylation is 1. The highest BCUT2D eigenvalue weighted by Crippen LogP contribution is 2.19. The molecule has 1 heterocycles. The van der Waals surface area contributed by atoms with E-state index in [0.717, 1.165) is 11.4 Å². The second-order valence-corrected chi connectivity index (χ2v) is 3.72. The topological polar surface area (TPSA) is 74.4 Å². The first-order chi connectivity index (χ1) is 8.08. The standard InChI is InChI=1S/C12H18N2O3/c1-8-4-5-11(10(14-8)6-7-13)17-9(2)12(15)16-3/h4-5,9H,6-7,13H2,1-3H3. The van der Waals surface area contributed by atoms with E-state index in [1.165, 1.54) is 7.11 Å². The lowest BCUT2D eigenvalue weighted by atomic mass is 10.2. The van der Waals surface area contributed by atoms with Gasteiger partial charge in [0.1, 0.15) is 5.75 Å². The van der Waals surface area contributed by atoms with Crippen molar-refractivity contribution in [3.63, 3.8) is 0 Å². The third-order valence-electron chi connectivity index (χ3n) is 2.29. The second-order valence-electron chi connectivity index (χ2n) is 3.72. The molecule has 0 aromatic carbocycles. The molecule has 17 heavy (non-hydrogen) atoms. The zero-order valence-electron chi connectivity index (χ0n) is 10.4. The van der Waals surface area contributed by atoms with E-state index in [0.29, 0.717) is 18.7 Å². The Hall–Kier alpha value is -1.62. The van der Waals surface area contributed by atoms with Gasteiger partial charge in [0.2, 0.25) is 0 Å². The van der Waals surface area contributed by atoms with Gasteiger partial charge in [-0.15, -0.1) is 0 Å². The van der Waals surface area contributed by atoms with Crippen LogP contribution in [0.25, 0.3) is 0 Å². The van der Waals surface area contributed by atoms with Gasteiger partial charge in [-0.3, -0.25) is 4.98 Å². The average molecular weight is 238 g/mol. The summed E-state index contributed by atoms with van der Waals surface area (Å²) in [5, 5.41) is 0. The number of carbonyl (C=O) groups is 1. The number of hydrogen-bond acceptors (Lipinski definition) is 5. The van der Waals surface area contributed by atoms with Gasteiger partial charge in [-0.25, -0.2) is 4.79 Å². The molecule has 0 aliphatic heterocycles. The third-order valence-corrected chi connectivity index (χ3v) is 2.29. The molecule has 1 aromatic rings. The van der Waals surface area contributed by atoms with Crippen LogP contribution in [0.2, 0.25) is 0 Å². The molecule has 0 spiro atoms. The minimum Gasteiger partial charge on any atom is -0.477 e. The number of carbonyl (C=O) groups excluding carboxylic acids is 1. The van der Waals surface area contributed by atoms with Gasteiger partial charge < -0.3 is 15.2 Å². The smallest absolute Gasteiger partial charge is 0.346 e. The summed E-state index contributed by atoms with van der Waals surface area (Å²) in [6.07, 6.45) is -0.0358. The lowest BCUT2D eigenvalue weighted by Gasteiger charge is -2.15. The lowest BCUT2D eigenvalue weighted by molar-refractivity contribution is -0.147. The van der Waals surface area contributed by atoms with Crippen LogP contribution >= 0.6 is 0 Å². The van der Waals surface area contributed by atoms with Crippen molar-refractivity contribution in [2.75, 3.05) is 13.7 Å². The molecule has 1 rings (SSSR count). The Kier molecular flexibility index (Phi) is 4.90. The summed E-state index contributed by atoms with van der Waals surface area (Å²) in [5.41, 5.74) is 7.17. The summed E-state index contributed by atoms with van der Waals surface area (Å²) in [4.78, 5) is 15.6. The van der Waals surface area contributed by atoms with Crippen LogP contribution in [0, 0.1) is 6.92 Å². The summed E-state index contributed by atoms with van der Waals surface area (Å²) in [5.74, 6) is 0.170. The number of hydrogen-bond donors (Lipinski definition) is 1. The molecule has 5 nitrogen and oxygen atoms in total. The molecule has 0 bridgehead atoms. The highest BCUT2D eigenvalue weighted by molar-refractivity contribution is 5.74. The molecule has 2 N–H and O–H groups in total.